The molecule has 0 saturated heterocycles. The molecule has 2 fully saturated rings. The maximum absolute atomic E-state index is 11.2. The fourth-order valence-electron chi connectivity index (χ4n) is 4.01. The van der Waals surface area contributed by atoms with E-state index >= 15 is 0 Å². The van der Waals surface area contributed by atoms with Gasteiger partial charge in [0.2, 0.25) is 0 Å². The van der Waals surface area contributed by atoms with E-state index in [2.05, 4.69) is 5.32 Å². The molecule has 2 N–H and O–H groups in total. The second-order valence-electron chi connectivity index (χ2n) is 7.01. The molecule has 3 rings (SSSR count). The van der Waals surface area contributed by atoms with Crippen LogP contribution in [0.5, 0.6) is 0 Å². The van der Waals surface area contributed by atoms with Crippen LogP contribution in [0.25, 0.3) is 0 Å². The second kappa shape index (κ2) is 7.41. The van der Waals surface area contributed by atoms with Crippen LogP contribution in [0.15, 0.2) is 24.3 Å². The Morgan fingerprint density at radius 3 is 2.74 bits per heavy atom. The first kappa shape index (κ1) is 16.4. The summed E-state index contributed by atoms with van der Waals surface area (Å²) >= 11 is 0. The quantitative estimate of drug-likeness (QED) is 0.570. The highest BCUT2D eigenvalue weighted by Gasteiger charge is 2.36. The molecular weight excluding hydrogens is 292 g/mol. The number of nitrogens with zero attached hydrogens (tertiary/aromatic N) is 1. The zero-order valence-corrected chi connectivity index (χ0v) is 13.5. The van der Waals surface area contributed by atoms with Crippen molar-refractivity contribution in [3.8, 4) is 0 Å². The van der Waals surface area contributed by atoms with Gasteiger partial charge < -0.3 is 10.4 Å². The van der Waals surface area contributed by atoms with E-state index in [0.29, 0.717) is 18.0 Å². The molecule has 3 unspecified atom stereocenters. The minimum atomic E-state index is -0.272. The van der Waals surface area contributed by atoms with Crippen LogP contribution in [-0.2, 0) is 6.42 Å². The number of benzene rings is 1. The Hall–Kier alpha value is -1.46. The number of nitro benzene ring substituents is 1. The van der Waals surface area contributed by atoms with Crippen molar-refractivity contribution >= 4 is 5.69 Å². The van der Waals surface area contributed by atoms with Crippen LogP contribution < -0.4 is 5.32 Å². The fourth-order valence-corrected chi connectivity index (χ4v) is 4.01. The van der Waals surface area contributed by atoms with Crippen LogP contribution in [0.1, 0.15) is 44.1 Å². The molecule has 0 amide bonds. The molecule has 1 aromatic rings. The third-order valence-electron chi connectivity index (χ3n) is 5.39. The van der Waals surface area contributed by atoms with Gasteiger partial charge in [-0.25, -0.2) is 0 Å². The Balaban J connectivity index is 1.66. The van der Waals surface area contributed by atoms with Gasteiger partial charge in [-0.2, -0.15) is 0 Å². The van der Waals surface area contributed by atoms with Crippen LogP contribution in [0.2, 0.25) is 0 Å². The molecule has 0 spiro atoms. The van der Waals surface area contributed by atoms with Gasteiger partial charge in [-0.15, -0.1) is 0 Å². The highest BCUT2D eigenvalue weighted by Crippen LogP contribution is 2.37. The van der Waals surface area contributed by atoms with Crippen molar-refractivity contribution < 1.29 is 10.0 Å². The van der Waals surface area contributed by atoms with Crippen molar-refractivity contribution in [2.75, 3.05) is 6.61 Å². The predicted molar refractivity (Wildman–Crippen MR) is 89.3 cm³/mol. The van der Waals surface area contributed by atoms with Gasteiger partial charge in [0.1, 0.15) is 0 Å². The van der Waals surface area contributed by atoms with E-state index < -0.39 is 0 Å². The third kappa shape index (κ3) is 4.09. The number of rotatable bonds is 8. The lowest BCUT2D eigenvalue weighted by molar-refractivity contribution is -0.385. The van der Waals surface area contributed by atoms with Gasteiger partial charge in [-0.1, -0.05) is 24.6 Å². The Morgan fingerprint density at radius 1 is 1.26 bits per heavy atom. The first-order valence-corrected chi connectivity index (χ1v) is 8.78. The summed E-state index contributed by atoms with van der Waals surface area (Å²) in [4.78, 5) is 10.9. The first-order valence-electron chi connectivity index (χ1n) is 8.78. The van der Waals surface area contributed by atoms with Crippen LogP contribution in [0, 0.1) is 22.0 Å². The highest BCUT2D eigenvalue weighted by atomic mass is 16.6. The number of para-hydroxylation sites is 1. The summed E-state index contributed by atoms with van der Waals surface area (Å²) in [5.74, 6) is 1.17. The molecule has 3 atom stereocenters. The maximum atomic E-state index is 11.2. The summed E-state index contributed by atoms with van der Waals surface area (Å²) in [5, 5.41) is 24.2. The molecule has 2 saturated carbocycles. The predicted octanol–water partition coefficient (Wildman–Crippen LogP) is 3.06. The topological polar surface area (TPSA) is 75.4 Å². The van der Waals surface area contributed by atoms with E-state index in [1.165, 1.54) is 19.3 Å². The monoisotopic (exact) mass is 318 g/mol. The Labute approximate surface area is 137 Å². The SMILES string of the molecule is O=[N+]([O-])c1ccccc1CC1CCCC1NC(CCO)C1CC1. The summed E-state index contributed by atoms with van der Waals surface area (Å²) in [6.07, 6.45) is 7.56. The van der Waals surface area contributed by atoms with Crippen molar-refractivity contribution in [3.63, 3.8) is 0 Å². The normalized spacial score (nSPS) is 25.4. The molecule has 0 heterocycles. The van der Waals surface area contributed by atoms with Crippen LogP contribution in [0.3, 0.4) is 0 Å². The van der Waals surface area contributed by atoms with Gasteiger partial charge in [0, 0.05) is 30.3 Å². The van der Waals surface area contributed by atoms with E-state index in [4.69, 9.17) is 0 Å². The number of hydrogen-bond acceptors (Lipinski definition) is 4. The second-order valence-corrected chi connectivity index (χ2v) is 7.01. The van der Waals surface area contributed by atoms with Crippen molar-refractivity contribution in [3.05, 3.63) is 39.9 Å². The molecule has 126 valence electrons. The summed E-state index contributed by atoms with van der Waals surface area (Å²) in [6.45, 7) is 0.232. The molecule has 5 heteroatoms. The van der Waals surface area contributed by atoms with Gasteiger partial charge >= 0.3 is 0 Å². The van der Waals surface area contributed by atoms with Crippen molar-refractivity contribution in [2.45, 2.75) is 57.0 Å². The van der Waals surface area contributed by atoms with Crippen molar-refractivity contribution in [1.29, 1.82) is 0 Å². The van der Waals surface area contributed by atoms with E-state index in [1.807, 2.05) is 12.1 Å². The summed E-state index contributed by atoms with van der Waals surface area (Å²) in [6, 6.07) is 7.95. The summed E-state index contributed by atoms with van der Waals surface area (Å²) in [7, 11) is 0. The van der Waals surface area contributed by atoms with E-state index in [0.717, 1.165) is 37.2 Å². The summed E-state index contributed by atoms with van der Waals surface area (Å²) in [5.41, 5.74) is 1.09. The number of aliphatic hydroxyl groups excluding tert-OH is 1. The molecule has 0 aliphatic heterocycles. The van der Waals surface area contributed by atoms with Crippen LogP contribution in [0.4, 0.5) is 5.69 Å². The average molecular weight is 318 g/mol. The molecule has 0 aromatic heterocycles. The van der Waals surface area contributed by atoms with Gasteiger partial charge in [0.05, 0.1) is 4.92 Å². The highest BCUT2D eigenvalue weighted by molar-refractivity contribution is 5.40. The lowest BCUT2D eigenvalue weighted by Crippen LogP contribution is -2.42. The third-order valence-corrected chi connectivity index (χ3v) is 5.39. The zero-order chi connectivity index (χ0) is 16.2. The van der Waals surface area contributed by atoms with Crippen molar-refractivity contribution in [2.24, 2.45) is 11.8 Å². The number of nitro groups is 1. The van der Waals surface area contributed by atoms with E-state index in [-0.39, 0.29) is 17.2 Å². The number of nitrogens with one attached hydrogen (secondary N) is 1. The molecule has 23 heavy (non-hydrogen) atoms. The average Bonchev–Trinajstić information content (AvgIpc) is 3.30. The molecule has 5 nitrogen and oxygen atoms in total. The largest absolute Gasteiger partial charge is 0.396 e. The van der Waals surface area contributed by atoms with E-state index in [1.54, 1.807) is 12.1 Å². The Morgan fingerprint density at radius 2 is 2.04 bits per heavy atom. The lowest BCUT2D eigenvalue weighted by atomic mass is 9.92. The molecule has 0 radical (unpaired) electrons. The van der Waals surface area contributed by atoms with Gasteiger partial charge in [-0.3, -0.25) is 10.1 Å². The van der Waals surface area contributed by atoms with Gasteiger partial charge in [0.25, 0.3) is 5.69 Å². The fraction of sp³-hybridized carbons (Fsp3) is 0.667. The number of hydrogen-bond donors (Lipinski definition) is 2. The molecule has 0 bridgehead atoms. The number of aliphatic hydroxyl groups is 1. The Bertz CT molecular complexity index is 545. The van der Waals surface area contributed by atoms with Gasteiger partial charge in [-0.05, 0) is 50.4 Å². The van der Waals surface area contributed by atoms with Gasteiger partial charge in [0.15, 0.2) is 0 Å². The minimum absolute atomic E-state index is 0.232. The maximum Gasteiger partial charge on any atom is 0.272 e. The molecule has 2 aliphatic rings. The zero-order valence-electron chi connectivity index (χ0n) is 13.5. The smallest absolute Gasteiger partial charge is 0.272 e. The summed E-state index contributed by atoms with van der Waals surface area (Å²) < 4.78 is 0. The first-order chi connectivity index (χ1) is 11.2. The van der Waals surface area contributed by atoms with Crippen LogP contribution >= 0.6 is 0 Å². The van der Waals surface area contributed by atoms with Crippen LogP contribution in [-0.4, -0.2) is 28.7 Å². The Kier molecular flexibility index (Phi) is 5.28. The lowest BCUT2D eigenvalue weighted by Gasteiger charge is -2.27. The molecular formula is C18H26N2O3. The molecule has 1 aromatic carbocycles. The molecule has 2 aliphatic carbocycles. The van der Waals surface area contributed by atoms with E-state index in [9.17, 15) is 15.2 Å². The minimum Gasteiger partial charge on any atom is -0.396 e. The van der Waals surface area contributed by atoms with Crippen molar-refractivity contribution in [1.82, 2.24) is 5.32 Å². The standard InChI is InChI=1S/C18H26N2O3/c21-11-10-17(13-8-9-13)19-16-6-3-5-14(16)12-15-4-1-2-7-18(15)20(22)23/h1-2,4,7,13-14,16-17,19,21H,3,5-6,8-12H2.